The van der Waals surface area contributed by atoms with Gasteiger partial charge in [-0.05, 0) is 44.4 Å². The average Bonchev–Trinajstić information content (AvgIpc) is 3.22. The fraction of sp³-hybridized carbons (Fsp3) is 0.625. The van der Waals surface area contributed by atoms with Crippen LogP contribution in [0.2, 0.25) is 0 Å². The first-order valence-corrected chi connectivity index (χ1v) is 7.30. The van der Waals surface area contributed by atoms with E-state index in [-0.39, 0.29) is 6.10 Å². The Kier molecular flexibility index (Phi) is 5.08. The van der Waals surface area contributed by atoms with Gasteiger partial charge in [0, 0.05) is 18.2 Å². The molecule has 1 unspecified atom stereocenters. The van der Waals surface area contributed by atoms with Crippen LogP contribution < -0.4 is 14.8 Å². The lowest BCUT2D eigenvalue weighted by molar-refractivity contribution is 0.207. The highest BCUT2D eigenvalue weighted by atomic mass is 16.5. The quantitative estimate of drug-likeness (QED) is 0.778. The van der Waals surface area contributed by atoms with Crippen molar-refractivity contribution in [2.75, 3.05) is 7.11 Å². The number of rotatable bonds is 8. The van der Waals surface area contributed by atoms with Crippen molar-refractivity contribution in [3.8, 4) is 11.5 Å². The topological polar surface area (TPSA) is 30.5 Å². The summed E-state index contributed by atoms with van der Waals surface area (Å²) in [6.45, 7) is 5.17. The molecule has 0 bridgehead atoms. The van der Waals surface area contributed by atoms with Crippen LogP contribution in [0, 0.1) is 0 Å². The Labute approximate surface area is 116 Å². The van der Waals surface area contributed by atoms with E-state index in [1.54, 1.807) is 7.11 Å². The van der Waals surface area contributed by atoms with Crippen molar-refractivity contribution in [1.29, 1.82) is 0 Å². The van der Waals surface area contributed by atoms with E-state index < -0.39 is 0 Å². The molecule has 1 saturated carbocycles. The molecule has 0 radical (unpaired) electrons. The van der Waals surface area contributed by atoms with Crippen molar-refractivity contribution in [1.82, 2.24) is 5.32 Å². The van der Waals surface area contributed by atoms with Crippen LogP contribution in [0.1, 0.15) is 45.1 Å². The van der Waals surface area contributed by atoms with Gasteiger partial charge >= 0.3 is 0 Å². The molecule has 0 saturated heterocycles. The van der Waals surface area contributed by atoms with E-state index in [1.165, 1.54) is 18.4 Å². The Morgan fingerprint density at radius 2 is 2.16 bits per heavy atom. The van der Waals surface area contributed by atoms with Gasteiger partial charge < -0.3 is 14.8 Å². The molecule has 0 aromatic heterocycles. The molecule has 1 aliphatic rings. The summed E-state index contributed by atoms with van der Waals surface area (Å²) >= 11 is 0. The van der Waals surface area contributed by atoms with Crippen molar-refractivity contribution >= 4 is 0 Å². The number of benzene rings is 1. The Hall–Kier alpha value is -1.22. The van der Waals surface area contributed by atoms with Crippen molar-refractivity contribution in [3.05, 3.63) is 23.8 Å². The summed E-state index contributed by atoms with van der Waals surface area (Å²) in [7, 11) is 1.70. The summed E-state index contributed by atoms with van der Waals surface area (Å²) in [6.07, 6.45) is 5.09. The third kappa shape index (κ3) is 4.43. The molecule has 106 valence electrons. The molecule has 1 atom stereocenters. The summed E-state index contributed by atoms with van der Waals surface area (Å²) in [5.74, 6) is 1.87. The van der Waals surface area contributed by atoms with Crippen molar-refractivity contribution < 1.29 is 9.47 Å². The third-order valence-electron chi connectivity index (χ3n) is 3.45. The van der Waals surface area contributed by atoms with Gasteiger partial charge in [-0.15, -0.1) is 0 Å². The Balaban J connectivity index is 2.05. The van der Waals surface area contributed by atoms with E-state index in [4.69, 9.17) is 9.47 Å². The summed E-state index contributed by atoms with van der Waals surface area (Å²) in [5, 5.41) is 3.53. The summed E-state index contributed by atoms with van der Waals surface area (Å²) in [6, 6.07) is 6.76. The monoisotopic (exact) mass is 263 g/mol. The van der Waals surface area contributed by atoms with E-state index in [9.17, 15) is 0 Å². The highest BCUT2D eigenvalue weighted by Gasteiger charge is 2.21. The Morgan fingerprint density at radius 3 is 2.79 bits per heavy atom. The highest BCUT2D eigenvalue weighted by Crippen LogP contribution is 2.27. The number of nitrogens with one attached hydrogen (secondary N) is 1. The lowest BCUT2D eigenvalue weighted by atomic mass is 10.1. The number of methoxy groups -OCH3 is 1. The molecule has 3 nitrogen and oxygen atoms in total. The standard InChI is InChI=1S/C16H25NO2/c1-4-5-12(2)19-16-9-8-15(18-3)10-13(16)11-17-14-6-7-14/h8-10,12,14,17H,4-7,11H2,1-3H3. The summed E-state index contributed by atoms with van der Waals surface area (Å²) in [5.41, 5.74) is 1.19. The Bertz CT molecular complexity index is 402. The minimum atomic E-state index is 0.262. The van der Waals surface area contributed by atoms with Crippen LogP contribution in [0.3, 0.4) is 0 Å². The second-order valence-corrected chi connectivity index (χ2v) is 5.35. The van der Waals surface area contributed by atoms with E-state index in [0.717, 1.165) is 30.9 Å². The first kappa shape index (κ1) is 14.2. The molecule has 19 heavy (non-hydrogen) atoms. The maximum atomic E-state index is 6.04. The van der Waals surface area contributed by atoms with Gasteiger partial charge in [-0.2, -0.15) is 0 Å². The lowest BCUT2D eigenvalue weighted by Crippen LogP contribution is -2.18. The molecule has 0 aliphatic heterocycles. The minimum Gasteiger partial charge on any atom is -0.497 e. The third-order valence-corrected chi connectivity index (χ3v) is 3.45. The normalized spacial score (nSPS) is 16.2. The van der Waals surface area contributed by atoms with Gasteiger partial charge in [0.05, 0.1) is 13.2 Å². The van der Waals surface area contributed by atoms with E-state index >= 15 is 0 Å². The molecular formula is C16H25NO2. The second kappa shape index (κ2) is 6.80. The Morgan fingerprint density at radius 1 is 1.37 bits per heavy atom. The van der Waals surface area contributed by atoms with Crippen LogP contribution in [0.15, 0.2) is 18.2 Å². The summed E-state index contributed by atoms with van der Waals surface area (Å²) in [4.78, 5) is 0. The molecule has 1 aromatic carbocycles. The van der Waals surface area contributed by atoms with Gasteiger partial charge in [0.1, 0.15) is 11.5 Å². The average molecular weight is 263 g/mol. The zero-order valence-corrected chi connectivity index (χ0v) is 12.2. The fourth-order valence-corrected chi connectivity index (χ4v) is 2.16. The molecular weight excluding hydrogens is 238 g/mol. The van der Waals surface area contributed by atoms with Gasteiger partial charge in [-0.3, -0.25) is 0 Å². The number of hydrogen-bond donors (Lipinski definition) is 1. The zero-order valence-electron chi connectivity index (χ0n) is 12.2. The van der Waals surface area contributed by atoms with Crippen molar-refractivity contribution in [3.63, 3.8) is 0 Å². The first-order valence-electron chi connectivity index (χ1n) is 7.30. The predicted octanol–water partition coefficient (Wildman–Crippen LogP) is 3.51. The highest BCUT2D eigenvalue weighted by molar-refractivity contribution is 5.40. The minimum absolute atomic E-state index is 0.262. The van der Waals surface area contributed by atoms with E-state index in [2.05, 4.69) is 25.2 Å². The zero-order chi connectivity index (χ0) is 13.7. The smallest absolute Gasteiger partial charge is 0.124 e. The van der Waals surface area contributed by atoms with Crippen LogP contribution >= 0.6 is 0 Å². The molecule has 3 heteroatoms. The molecule has 2 rings (SSSR count). The van der Waals surface area contributed by atoms with Crippen LogP contribution in [0.25, 0.3) is 0 Å². The molecule has 1 aromatic rings. The molecule has 1 N–H and O–H groups in total. The van der Waals surface area contributed by atoms with Gasteiger partial charge in [-0.25, -0.2) is 0 Å². The second-order valence-electron chi connectivity index (χ2n) is 5.35. The number of hydrogen-bond acceptors (Lipinski definition) is 3. The van der Waals surface area contributed by atoms with Crippen LogP contribution in [-0.4, -0.2) is 19.3 Å². The van der Waals surface area contributed by atoms with Gasteiger partial charge in [0.25, 0.3) is 0 Å². The van der Waals surface area contributed by atoms with Crippen molar-refractivity contribution in [2.24, 2.45) is 0 Å². The van der Waals surface area contributed by atoms with Crippen LogP contribution in [0.5, 0.6) is 11.5 Å². The molecule has 1 aliphatic carbocycles. The predicted molar refractivity (Wildman–Crippen MR) is 77.9 cm³/mol. The molecule has 0 amide bonds. The van der Waals surface area contributed by atoms with Crippen LogP contribution in [-0.2, 0) is 6.54 Å². The maximum absolute atomic E-state index is 6.04. The van der Waals surface area contributed by atoms with Crippen LogP contribution in [0.4, 0.5) is 0 Å². The van der Waals surface area contributed by atoms with Gasteiger partial charge in [0.15, 0.2) is 0 Å². The lowest BCUT2D eigenvalue weighted by Gasteiger charge is -2.18. The SMILES string of the molecule is CCCC(C)Oc1ccc(OC)cc1CNC1CC1. The largest absolute Gasteiger partial charge is 0.497 e. The summed E-state index contributed by atoms with van der Waals surface area (Å²) < 4.78 is 11.3. The molecule has 1 fully saturated rings. The molecule has 0 spiro atoms. The molecule has 0 heterocycles. The van der Waals surface area contributed by atoms with Gasteiger partial charge in [-0.1, -0.05) is 13.3 Å². The van der Waals surface area contributed by atoms with Gasteiger partial charge in [0.2, 0.25) is 0 Å². The van der Waals surface area contributed by atoms with Crippen molar-refractivity contribution in [2.45, 2.75) is 58.2 Å². The number of ether oxygens (including phenoxy) is 2. The first-order chi connectivity index (χ1) is 9.22. The fourth-order valence-electron chi connectivity index (χ4n) is 2.16. The van der Waals surface area contributed by atoms with E-state index in [1.807, 2.05) is 12.1 Å². The maximum Gasteiger partial charge on any atom is 0.124 e. The van der Waals surface area contributed by atoms with E-state index in [0.29, 0.717) is 6.04 Å².